The van der Waals surface area contributed by atoms with Gasteiger partial charge in [-0.3, -0.25) is 0 Å². The Morgan fingerprint density at radius 2 is 2.20 bits per heavy atom. The number of terminal acetylenes is 1. The molecule has 5 heteroatoms. The van der Waals surface area contributed by atoms with Crippen molar-refractivity contribution >= 4 is 0 Å². The third-order valence-corrected chi connectivity index (χ3v) is 3.79. The van der Waals surface area contributed by atoms with Gasteiger partial charge >= 0.3 is 0 Å². The molecule has 1 aliphatic rings. The van der Waals surface area contributed by atoms with Crippen LogP contribution in [0.15, 0.2) is 4.52 Å². The number of hydrogen-bond donors (Lipinski definition) is 1. The van der Waals surface area contributed by atoms with Crippen molar-refractivity contribution in [3.05, 3.63) is 11.7 Å². The molecule has 2 unspecified atom stereocenters. The lowest BCUT2D eigenvalue weighted by molar-refractivity contribution is -0.00145. The average molecular weight is 277 g/mol. The van der Waals surface area contributed by atoms with E-state index in [9.17, 15) is 0 Å². The summed E-state index contributed by atoms with van der Waals surface area (Å²) < 4.78 is 11.1. The zero-order chi connectivity index (χ0) is 14.4. The van der Waals surface area contributed by atoms with E-state index in [1.54, 1.807) is 0 Å². The smallest absolute Gasteiger partial charge is 0.244 e. The molecule has 5 nitrogen and oxygen atoms in total. The Morgan fingerprint density at radius 1 is 1.45 bits per heavy atom. The molecule has 1 aromatic heterocycles. The van der Waals surface area contributed by atoms with E-state index >= 15 is 0 Å². The third-order valence-electron chi connectivity index (χ3n) is 3.79. The Morgan fingerprint density at radius 3 is 2.85 bits per heavy atom. The Kier molecular flexibility index (Phi) is 5.57. The van der Waals surface area contributed by atoms with Gasteiger partial charge in [-0.1, -0.05) is 24.4 Å². The van der Waals surface area contributed by atoms with Crippen molar-refractivity contribution in [2.75, 3.05) is 6.61 Å². The van der Waals surface area contributed by atoms with Crippen molar-refractivity contribution < 1.29 is 9.26 Å². The normalized spacial score (nSPS) is 19.4. The molecule has 1 aliphatic carbocycles. The summed E-state index contributed by atoms with van der Waals surface area (Å²) in [7, 11) is 0. The lowest BCUT2D eigenvalue weighted by atomic mass is 9.85. The topological polar surface area (TPSA) is 74.2 Å². The molecule has 1 saturated carbocycles. The lowest BCUT2D eigenvalue weighted by Crippen LogP contribution is -2.20. The molecule has 0 spiro atoms. The van der Waals surface area contributed by atoms with Crippen LogP contribution in [0.25, 0.3) is 0 Å². The summed E-state index contributed by atoms with van der Waals surface area (Å²) in [5.74, 6) is 3.99. The summed E-state index contributed by atoms with van der Waals surface area (Å²) in [6.45, 7) is 2.63. The highest BCUT2D eigenvalue weighted by Gasteiger charge is 2.30. The second kappa shape index (κ2) is 7.41. The van der Waals surface area contributed by atoms with E-state index in [1.165, 1.54) is 19.3 Å². The number of aromatic nitrogens is 2. The second-order valence-corrected chi connectivity index (χ2v) is 5.28. The first-order valence-electron chi connectivity index (χ1n) is 7.40. The van der Waals surface area contributed by atoms with Crippen LogP contribution in [0.3, 0.4) is 0 Å². The van der Waals surface area contributed by atoms with Gasteiger partial charge in [0.05, 0.1) is 6.04 Å². The van der Waals surface area contributed by atoms with Gasteiger partial charge in [0.15, 0.2) is 0 Å². The molecule has 20 heavy (non-hydrogen) atoms. The Labute approximate surface area is 120 Å². The maximum Gasteiger partial charge on any atom is 0.244 e. The fourth-order valence-corrected chi connectivity index (χ4v) is 2.77. The van der Waals surface area contributed by atoms with Gasteiger partial charge in [-0.25, -0.2) is 0 Å². The summed E-state index contributed by atoms with van der Waals surface area (Å²) in [6.07, 6.45) is 11.7. The van der Waals surface area contributed by atoms with E-state index in [1.807, 2.05) is 6.92 Å². The first-order chi connectivity index (χ1) is 9.76. The standard InChI is InChI=1S/C15H23N3O2/c1-3-8-12(16)15-17-14(18-20-15)13(19-4-2)11-9-6-5-7-10-11/h1,11-13H,4-10,16H2,2H3. The molecule has 2 rings (SSSR count). The van der Waals surface area contributed by atoms with Crippen LogP contribution in [0.4, 0.5) is 0 Å². The lowest BCUT2D eigenvalue weighted by Gasteiger charge is -2.27. The van der Waals surface area contributed by atoms with Crippen LogP contribution in [0.2, 0.25) is 0 Å². The number of nitrogens with two attached hydrogens (primary N) is 1. The molecular formula is C15H23N3O2. The maximum absolute atomic E-state index is 5.89. The van der Waals surface area contributed by atoms with Crippen LogP contribution in [0, 0.1) is 18.3 Å². The molecule has 1 heterocycles. The molecule has 0 aliphatic heterocycles. The third kappa shape index (κ3) is 3.59. The number of nitrogens with zero attached hydrogens (tertiary/aromatic N) is 2. The van der Waals surface area contributed by atoms with Crippen molar-refractivity contribution in [3.63, 3.8) is 0 Å². The minimum atomic E-state index is -0.394. The van der Waals surface area contributed by atoms with Crippen molar-refractivity contribution in [1.29, 1.82) is 0 Å². The number of rotatable bonds is 6. The van der Waals surface area contributed by atoms with Crippen LogP contribution < -0.4 is 5.73 Å². The van der Waals surface area contributed by atoms with Gasteiger partial charge in [-0.2, -0.15) is 4.98 Å². The number of hydrogen-bond acceptors (Lipinski definition) is 5. The average Bonchev–Trinajstić information content (AvgIpc) is 2.95. The van der Waals surface area contributed by atoms with Crippen molar-refractivity contribution in [2.24, 2.45) is 11.7 Å². The molecule has 2 N–H and O–H groups in total. The van der Waals surface area contributed by atoms with Gasteiger partial charge in [0, 0.05) is 13.0 Å². The SMILES string of the molecule is C#CCC(N)c1nc(C(OCC)C2CCCCC2)no1. The van der Waals surface area contributed by atoms with E-state index in [0.29, 0.717) is 30.7 Å². The zero-order valence-electron chi connectivity index (χ0n) is 12.0. The Hall–Kier alpha value is -1.38. The molecule has 0 bridgehead atoms. The van der Waals surface area contributed by atoms with Gasteiger partial charge < -0.3 is 15.0 Å². The quantitative estimate of drug-likeness (QED) is 0.809. The van der Waals surface area contributed by atoms with E-state index < -0.39 is 6.04 Å². The summed E-state index contributed by atoms with van der Waals surface area (Å²) in [5, 5.41) is 4.05. The van der Waals surface area contributed by atoms with Crippen LogP contribution in [-0.4, -0.2) is 16.7 Å². The van der Waals surface area contributed by atoms with Crippen LogP contribution >= 0.6 is 0 Å². The van der Waals surface area contributed by atoms with Crippen molar-refractivity contribution in [3.8, 4) is 12.3 Å². The summed E-state index contributed by atoms with van der Waals surface area (Å²) >= 11 is 0. The highest BCUT2D eigenvalue weighted by Crippen LogP contribution is 2.36. The zero-order valence-corrected chi connectivity index (χ0v) is 12.0. The van der Waals surface area contributed by atoms with Crippen molar-refractivity contribution in [2.45, 2.75) is 57.6 Å². The largest absolute Gasteiger partial charge is 0.370 e. The Bertz CT molecular complexity index is 446. The molecule has 2 atom stereocenters. The first kappa shape index (κ1) is 15.0. The molecule has 0 aromatic carbocycles. The second-order valence-electron chi connectivity index (χ2n) is 5.28. The molecular weight excluding hydrogens is 254 g/mol. The summed E-state index contributed by atoms with van der Waals surface area (Å²) in [6, 6.07) is -0.394. The van der Waals surface area contributed by atoms with E-state index in [2.05, 4.69) is 16.1 Å². The number of ether oxygens (including phenoxy) is 1. The summed E-state index contributed by atoms with van der Waals surface area (Å²) in [4.78, 5) is 4.40. The molecule has 0 radical (unpaired) electrons. The Balaban J connectivity index is 2.10. The van der Waals surface area contributed by atoms with Gasteiger partial charge in [0.2, 0.25) is 11.7 Å². The van der Waals surface area contributed by atoms with Gasteiger partial charge in [-0.15, -0.1) is 12.3 Å². The van der Waals surface area contributed by atoms with E-state index in [0.717, 1.165) is 12.8 Å². The summed E-state index contributed by atoms with van der Waals surface area (Å²) in [5.41, 5.74) is 5.89. The van der Waals surface area contributed by atoms with Crippen molar-refractivity contribution in [1.82, 2.24) is 10.1 Å². The highest BCUT2D eigenvalue weighted by atomic mass is 16.5. The van der Waals surface area contributed by atoms with E-state index in [-0.39, 0.29) is 6.10 Å². The maximum atomic E-state index is 5.89. The molecule has 1 fully saturated rings. The first-order valence-corrected chi connectivity index (χ1v) is 7.40. The minimum Gasteiger partial charge on any atom is -0.370 e. The van der Waals surface area contributed by atoms with Crippen LogP contribution in [-0.2, 0) is 4.74 Å². The highest BCUT2D eigenvalue weighted by molar-refractivity contribution is 5.01. The fraction of sp³-hybridized carbons (Fsp3) is 0.733. The minimum absolute atomic E-state index is 0.0872. The monoisotopic (exact) mass is 277 g/mol. The molecule has 1 aromatic rings. The predicted octanol–water partition coefficient (Wildman–Crippen LogP) is 2.75. The van der Waals surface area contributed by atoms with Gasteiger partial charge in [0.1, 0.15) is 6.10 Å². The van der Waals surface area contributed by atoms with Gasteiger partial charge in [0.25, 0.3) is 0 Å². The van der Waals surface area contributed by atoms with Gasteiger partial charge in [-0.05, 0) is 25.7 Å². The predicted molar refractivity (Wildman–Crippen MR) is 75.6 cm³/mol. The molecule has 0 saturated heterocycles. The van der Waals surface area contributed by atoms with E-state index in [4.69, 9.17) is 21.4 Å². The molecule has 110 valence electrons. The van der Waals surface area contributed by atoms with Crippen LogP contribution in [0.1, 0.15) is 69.3 Å². The van der Waals surface area contributed by atoms with Crippen LogP contribution in [0.5, 0.6) is 0 Å². The molecule has 0 amide bonds. The fourth-order valence-electron chi connectivity index (χ4n) is 2.77.